The maximum Gasteiger partial charge on any atom is 0.338 e. The van der Waals surface area contributed by atoms with Crippen LogP contribution in [-0.4, -0.2) is 34.8 Å². The van der Waals surface area contributed by atoms with E-state index in [9.17, 15) is 14.4 Å². The number of aliphatic carboxylic acids is 1. The SMILES string of the molecule is CCOC(=O)c1ccc(C(=O)CCBr)c(CC(=O)O)c1. The highest BCUT2D eigenvalue weighted by Gasteiger charge is 2.16. The Morgan fingerprint density at radius 3 is 2.55 bits per heavy atom. The highest BCUT2D eigenvalue weighted by Crippen LogP contribution is 2.16. The van der Waals surface area contributed by atoms with Crippen LogP contribution >= 0.6 is 15.9 Å². The lowest BCUT2D eigenvalue weighted by molar-refractivity contribution is -0.136. The van der Waals surface area contributed by atoms with E-state index in [1.54, 1.807) is 6.92 Å². The third-order valence-corrected chi connectivity index (χ3v) is 2.98. The fraction of sp³-hybridized carbons (Fsp3) is 0.357. The monoisotopic (exact) mass is 342 g/mol. The lowest BCUT2D eigenvalue weighted by atomic mass is 9.97. The lowest BCUT2D eigenvalue weighted by Gasteiger charge is -2.09. The van der Waals surface area contributed by atoms with Crippen molar-refractivity contribution in [3.8, 4) is 0 Å². The van der Waals surface area contributed by atoms with E-state index in [1.165, 1.54) is 18.2 Å². The zero-order valence-corrected chi connectivity index (χ0v) is 12.6. The van der Waals surface area contributed by atoms with Gasteiger partial charge in [0.1, 0.15) is 0 Å². The number of carbonyl (C=O) groups is 3. The molecule has 0 aliphatic rings. The molecule has 108 valence electrons. The van der Waals surface area contributed by atoms with Crippen LogP contribution in [0, 0.1) is 0 Å². The van der Waals surface area contributed by atoms with E-state index in [0.717, 1.165) is 0 Å². The van der Waals surface area contributed by atoms with Crippen molar-refractivity contribution in [1.29, 1.82) is 0 Å². The summed E-state index contributed by atoms with van der Waals surface area (Å²) in [5, 5.41) is 9.40. The second-order valence-corrected chi connectivity index (χ2v) is 4.82. The molecule has 0 fully saturated rings. The third-order valence-electron chi connectivity index (χ3n) is 2.58. The lowest BCUT2D eigenvalue weighted by Crippen LogP contribution is -2.12. The normalized spacial score (nSPS) is 10.1. The standard InChI is InChI=1S/C14H15BrO5/c1-2-20-14(19)9-3-4-11(12(16)5-6-15)10(7-9)8-13(17)18/h3-4,7H,2,5-6,8H2,1H3,(H,17,18). The van der Waals surface area contributed by atoms with Crippen LogP contribution < -0.4 is 0 Å². The Morgan fingerprint density at radius 1 is 1.30 bits per heavy atom. The molecule has 0 radical (unpaired) electrons. The molecule has 1 rings (SSSR count). The van der Waals surface area contributed by atoms with Crippen molar-refractivity contribution < 1.29 is 24.2 Å². The molecule has 0 atom stereocenters. The molecule has 0 amide bonds. The highest BCUT2D eigenvalue weighted by atomic mass is 79.9. The van der Waals surface area contributed by atoms with Crippen LogP contribution in [0.2, 0.25) is 0 Å². The van der Waals surface area contributed by atoms with Gasteiger partial charge in [-0.05, 0) is 24.6 Å². The zero-order valence-electron chi connectivity index (χ0n) is 11.0. The predicted octanol–water partition coefficient (Wildman–Crippen LogP) is 2.46. The average molecular weight is 343 g/mol. The number of carboxylic acids is 1. The van der Waals surface area contributed by atoms with Crippen molar-refractivity contribution >= 4 is 33.7 Å². The molecule has 0 aromatic heterocycles. The zero-order chi connectivity index (χ0) is 15.1. The molecule has 20 heavy (non-hydrogen) atoms. The van der Waals surface area contributed by atoms with Crippen LogP contribution in [0.3, 0.4) is 0 Å². The van der Waals surface area contributed by atoms with Gasteiger partial charge in [-0.25, -0.2) is 4.79 Å². The van der Waals surface area contributed by atoms with Gasteiger partial charge in [-0.3, -0.25) is 9.59 Å². The number of ether oxygens (including phenoxy) is 1. The van der Waals surface area contributed by atoms with Crippen LogP contribution in [0.1, 0.15) is 39.6 Å². The molecular formula is C14H15BrO5. The molecule has 5 nitrogen and oxygen atoms in total. The average Bonchev–Trinajstić information content (AvgIpc) is 2.38. The number of rotatable bonds is 7. The number of hydrogen-bond donors (Lipinski definition) is 1. The minimum absolute atomic E-state index is 0.159. The molecule has 0 aliphatic carbocycles. The highest BCUT2D eigenvalue weighted by molar-refractivity contribution is 9.09. The molecule has 1 aromatic rings. The first-order valence-corrected chi connectivity index (χ1v) is 7.22. The molecular weight excluding hydrogens is 328 g/mol. The second kappa shape index (κ2) is 7.79. The van der Waals surface area contributed by atoms with Crippen LogP contribution in [0.15, 0.2) is 18.2 Å². The summed E-state index contributed by atoms with van der Waals surface area (Å²) in [7, 11) is 0. The number of alkyl halides is 1. The van der Waals surface area contributed by atoms with Gasteiger partial charge in [-0.1, -0.05) is 22.0 Å². The first-order chi connectivity index (χ1) is 9.49. The quantitative estimate of drug-likeness (QED) is 0.467. The van der Waals surface area contributed by atoms with E-state index < -0.39 is 11.9 Å². The number of benzene rings is 1. The Balaban J connectivity index is 3.15. The summed E-state index contributed by atoms with van der Waals surface area (Å²) >= 11 is 3.17. The summed E-state index contributed by atoms with van der Waals surface area (Å²) in [6, 6.07) is 4.37. The molecule has 0 saturated heterocycles. The van der Waals surface area contributed by atoms with Crippen molar-refractivity contribution in [2.75, 3.05) is 11.9 Å². The number of carbonyl (C=O) groups excluding carboxylic acids is 2. The van der Waals surface area contributed by atoms with Crippen LogP contribution in [0.5, 0.6) is 0 Å². The molecule has 0 spiro atoms. The maximum absolute atomic E-state index is 11.9. The van der Waals surface area contributed by atoms with Gasteiger partial charge in [-0.2, -0.15) is 0 Å². The summed E-state index contributed by atoms with van der Waals surface area (Å²) < 4.78 is 4.86. The smallest absolute Gasteiger partial charge is 0.338 e. The Labute approximate surface area is 125 Å². The van der Waals surface area contributed by atoms with Gasteiger partial charge < -0.3 is 9.84 Å². The number of ketones is 1. The Hall–Kier alpha value is -1.69. The van der Waals surface area contributed by atoms with Crippen molar-refractivity contribution in [2.24, 2.45) is 0 Å². The van der Waals surface area contributed by atoms with E-state index in [-0.39, 0.29) is 30.8 Å². The van der Waals surface area contributed by atoms with E-state index in [1.807, 2.05) is 0 Å². The number of carboxylic acid groups (broad SMARTS) is 1. The van der Waals surface area contributed by atoms with Gasteiger partial charge in [0.15, 0.2) is 5.78 Å². The van der Waals surface area contributed by atoms with Crippen molar-refractivity contribution in [1.82, 2.24) is 0 Å². The maximum atomic E-state index is 11.9. The summed E-state index contributed by atoms with van der Waals surface area (Å²) in [6.45, 7) is 1.92. The second-order valence-electron chi connectivity index (χ2n) is 4.03. The predicted molar refractivity (Wildman–Crippen MR) is 76.5 cm³/mol. The van der Waals surface area contributed by atoms with Gasteiger partial charge in [-0.15, -0.1) is 0 Å². The van der Waals surface area contributed by atoms with Crippen LogP contribution in [-0.2, 0) is 16.0 Å². The van der Waals surface area contributed by atoms with Crippen LogP contribution in [0.25, 0.3) is 0 Å². The largest absolute Gasteiger partial charge is 0.481 e. The molecule has 0 saturated carbocycles. The number of hydrogen-bond acceptors (Lipinski definition) is 4. The van der Waals surface area contributed by atoms with Gasteiger partial charge >= 0.3 is 11.9 Å². The molecule has 0 bridgehead atoms. The fourth-order valence-electron chi connectivity index (χ4n) is 1.74. The minimum atomic E-state index is -1.06. The van der Waals surface area contributed by atoms with Crippen molar-refractivity contribution in [2.45, 2.75) is 19.8 Å². The van der Waals surface area contributed by atoms with E-state index in [2.05, 4.69) is 15.9 Å². The van der Waals surface area contributed by atoms with Gasteiger partial charge in [0.25, 0.3) is 0 Å². The van der Waals surface area contributed by atoms with Gasteiger partial charge in [0.05, 0.1) is 18.6 Å². The Bertz CT molecular complexity index is 524. The summed E-state index contributed by atoms with van der Waals surface area (Å²) in [6.07, 6.45) is -0.0397. The number of halogens is 1. The first-order valence-electron chi connectivity index (χ1n) is 6.10. The van der Waals surface area contributed by atoms with E-state index in [0.29, 0.717) is 16.5 Å². The summed E-state index contributed by atoms with van der Waals surface area (Å²) in [4.78, 5) is 34.4. The van der Waals surface area contributed by atoms with Crippen LogP contribution in [0.4, 0.5) is 0 Å². The molecule has 6 heteroatoms. The molecule has 0 unspecified atom stereocenters. The first kappa shape index (κ1) is 16.4. The molecule has 1 N–H and O–H groups in total. The fourth-order valence-corrected chi connectivity index (χ4v) is 2.10. The Morgan fingerprint density at radius 2 is 2.00 bits per heavy atom. The van der Waals surface area contributed by atoms with Crippen molar-refractivity contribution in [3.05, 3.63) is 34.9 Å². The number of Topliss-reactive ketones (excluding diaryl/α,β-unsaturated/α-hetero) is 1. The van der Waals surface area contributed by atoms with E-state index >= 15 is 0 Å². The van der Waals surface area contributed by atoms with Crippen molar-refractivity contribution in [3.63, 3.8) is 0 Å². The molecule has 1 aromatic carbocycles. The summed E-state index contributed by atoms with van der Waals surface area (Å²) in [5.41, 5.74) is 0.910. The van der Waals surface area contributed by atoms with Gasteiger partial charge in [0, 0.05) is 17.3 Å². The van der Waals surface area contributed by atoms with E-state index in [4.69, 9.17) is 9.84 Å². The number of esters is 1. The summed E-state index contributed by atoms with van der Waals surface area (Å²) in [5.74, 6) is -1.74. The van der Waals surface area contributed by atoms with Gasteiger partial charge in [0.2, 0.25) is 0 Å². The molecule has 0 heterocycles. The topological polar surface area (TPSA) is 80.7 Å². The molecule has 0 aliphatic heterocycles. The minimum Gasteiger partial charge on any atom is -0.481 e. The third kappa shape index (κ3) is 4.45. The Kier molecular flexibility index (Phi) is 6.38.